The summed E-state index contributed by atoms with van der Waals surface area (Å²) < 4.78 is 0. The Balaban J connectivity index is 1.18. The molecule has 0 spiro atoms. The second-order valence-electron chi connectivity index (χ2n) is 14.1. The third kappa shape index (κ3) is 11.8. The molecule has 36 heavy (non-hydrogen) atoms. The number of rotatable bonds is 18. The lowest BCUT2D eigenvalue weighted by Gasteiger charge is -2.41. The fourth-order valence-electron chi connectivity index (χ4n) is 8.76. The van der Waals surface area contributed by atoms with Crippen LogP contribution in [0, 0.1) is 35.5 Å². The summed E-state index contributed by atoms with van der Waals surface area (Å²) in [5, 5.41) is 0. The van der Waals surface area contributed by atoms with Gasteiger partial charge in [-0.25, -0.2) is 0 Å². The first-order valence-electron chi connectivity index (χ1n) is 17.8. The molecule has 0 N–H and O–H groups in total. The summed E-state index contributed by atoms with van der Waals surface area (Å²) in [7, 11) is 0. The summed E-state index contributed by atoms with van der Waals surface area (Å²) in [5.41, 5.74) is 0. The second kappa shape index (κ2) is 19.1. The Labute approximate surface area is 228 Å². The van der Waals surface area contributed by atoms with Crippen LogP contribution in [0.3, 0.4) is 0 Å². The van der Waals surface area contributed by atoms with Crippen LogP contribution in [0.25, 0.3) is 0 Å². The Bertz CT molecular complexity index is 484. The normalized spacial score (nSPS) is 31.5. The van der Waals surface area contributed by atoms with E-state index in [0.29, 0.717) is 0 Å². The first kappa shape index (κ1) is 30.5. The molecule has 3 aliphatic rings. The van der Waals surface area contributed by atoms with Gasteiger partial charge in [0.15, 0.2) is 0 Å². The molecule has 0 heteroatoms. The van der Waals surface area contributed by atoms with Crippen molar-refractivity contribution in [3.8, 4) is 0 Å². The van der Waals surface area contributed by atoms with Crippen LogP contribution in [0.1, 0.15) is 194 Å². The van der Waals surface area contributed by atoms with Gasteiger partial charge in [-0.05, 0) is 86.9 Å². The highest BCUT2D eigenvalue weighted by molar-refractivity contribution is 4.86. The van der Waals surface area contributed by atoms with E-state index in [1.165, 1.54) is 89.9 Å². The molecular formula is C36H68. The Morgan fingerprint density at radius 3 is 0.861 bits per heavy atom. The zero-order valence-corrected chi connectivity index (χ0v) is 25.3. The molecule has 3 rings (SSSR count). The molecule has 0 bridgehead atoms. The average Bonchev–Trinajstić information content (AvgIpc) is 2.93. The van der Waals surface area contributed by atoms with Crippen LogP contribution in [-0.4, -0.2) is 0 Å². The van der Waals surface area contributed by atoms with Gasteiger partial charge in [0.25, 0.3) is 0 Å². The van der Waals surface area contributed by atoms with Crippen LogP contribution < -0.4 is 0 Å². The molecule has 3 saturated carbocycles. The van der Waals surface area contributed by atoms with Crippen molar-refractivity contribution < 1.29 is 0 Å². The summed E-state index contributed by atoms with van der Waals surface area (Å²) in [6.07, 6.45) is 42.8. The first-order chi connectivity index (χ1) is 17.8. The molecule has 0 aromatic heterocycles. The van der Waals surface area contributed by atoms with E-state index in [1.807, 2.05) is 0 Å². The van der Waals surface area contributed by atoms with Gasteiger partial charge in [0, 0.05) is 0 Å². The molecule has 0 atom stereocenters. The van der Waals surface area contributed by atoms with Crippen molar-refractivity contribution in [3.05, 3.63) is 0 Å². The van der Waals surface area contributed by atoms with Gasteiger partial charge >= 0.3 is 0 Å². The number of hydrogen-bond donors (Lipinski definition) is 0. The summed E-state index contributed by atoms with van der Waals surface area (Å²) in [6.45, 7) is 4.65. The molecule has 3 aliphatic carbocycles. The minimum Gasteiger partial charge on any atom is -0.0654 e. The summed E-state index contributed by atoms with van der Waals surface area (Å²) in [4.78, 5) is 0. The van der Waals surface area contributed by atoms with Gasteiger partial charge in [-0.2, -0.15) is 0 Å². The van der Waals surface area contributed by atoms with Crippen LogP contribution >= 0.6 is 0 Å². The lowest BCUT2D eigenvalue weighted by Crippen LogP contribution is -2.29. The second-order valence-corrected chi connectivity index (χ2v) is 14.1. The van der Waals surface area contributed by atoms with E-state index in [9.17, 15) is 0 Å². The molecule has 0 amide bonds. The molecule has 0 nitrogen and oxygen atoms in total. The molecule has 3 fully saturated rings. The molecule has 0 heterocycles. The highest BCUT2D eigenvalue weighted by Crippen LogP contribution is 2.46. The number of hydrogen-bond acceptors (Lipinski definition) is 0. The lowest BCUT2D eigenvalue weighted by atomic mass is 9.64. The SMILES string of the molecule is CCCCCCCCCCC1CCC(C2CCC(C3CCC(CCCCCCCC)CC3)CC2)CC1. The van der Waals surface area contributed by atoms with Gasteiger partial charge in [0.2, 0.25) is 0 Å². The van der Waals surface area contributed by atoms with Crippen LogP contribution in [0.4, 0.5) is 0 Å². The van der Waals surface area contributed by atoms with E-state index >= 15 is 0 Å². The molecule has 0 radical (unpaired) electrons. The van der Waals surface area contributed by atoms with Crippen molar-refractivity contribution in [1.29, 1.82) is 0 Å². The van der Waals surface area contributed by atoms with Crippen LogP contribution in [0.15, 0.2) is 0 Å². The summed E-state index contributed by atoms with van der Waals surface area (Å²) in [6, 6.07) is 0. The quantitative estimate of drug-likeness (QED) is 0.164. The fourth-order valence-corrected chi connectivity index (χ4v) is 8.76. The fraction of sp³-hybridized carbons (Fsp3) is 1.00. The zero-order valence-electron chi connectivity index (χ0n) is 25.3. The highest BCUT2D eigenvalue weighted by Gasteiger charge is 2.34. The van der Waals surface area contributed by atoms with Gasteiger partial charge in [-0.15, -0.1) is 0 Å². The van der Waals surface area contributed by atoms with Gasteiger partial charge in [0.1, 0.15) is 0 Å². The topological polar surface area (TPSA) is 0 Å². The molecule has 212 valence electrons. The van der Waals surface area contributed by atoms with E-state index in [2.05, 4.69) is 13.8 Å². The first-order valence-corrected chi connectivity index (χ1v) is 17.8. The van der Waals surface area contributed by atoms with Gasteiger partial charge < -0.3 is 0 Å². The predicted molar refractivity (Wildman–Crippen MR) is 162 cm³/mol. The smallest absolute Gasteiger partial charge is 0.0386 e. The summed E-state index contributed by atoms with van der Waals surface area (Å²) >= 11 is 0. The largest absolute Gasteiger partial charge is 0.0654 e. The molecule has 0 aromatic rings. The van der Waals surface area contributed by atoms with E-state index in [4.69, 9.17) is 0 Å². The Morgan fingerprint density at radius 1 is 0.306 bits per heavy atom. The Morgan fingerprint density at radius 2 is 0.556 bits per heavy atom. The van der Waals surface area contributed by atoms with Gasteiger partial charge in [-0.3, -0.25) is 0 Å². The van der Waals surface area contributed by atoms with Gasteiger partial charge in [0.05, 0.1) is 0 Å². The highest BCUT2D eigenvalue weighted by atomic mass is 14.4. The van der Waals surface area contributed by atoms with Crippen molar-refractivity contribution >= 4 is 0 Å². The average molecular weight is 501 g/mol. The van der Waals surface area contributed by atoms with Crippen molar-refractivity contribution in [2.75, 3.05) is 0 Å². The molecule has 0 aliphatic heterocycles. The van der Waals surface area contributed by atoms with E-state index in [0.717, 1.165) is 35.5 Å². The Kier molecular flexibility index (Phi) is 16.2. The van der Waals surface area contributed by atoms with E-state index < -0.39 is 0 Å². The van der Waals surface area contributed by atoms with Crippen molar-refractivity contribution in [2.45, 2.75) is 194 Å². The molecular weight excluding hydrogens is 432 g/mol. The maximum Gasteiger partial charge on any atom is -0.0386 e. The maximum absolute atomic E-state index is 2.33. The standard InChI is InChI=1S/C36H68/c1-3-5-7-9-11-12-14-16-18-32-21-25-34(26-22-32)36-29-27-35(28-30-36)33-23-19-31(20-24-33)17-15-13-10-8-6-4-2/h31-36H,3-30H2,1-2H3. The van der Waals surface area contributed by atoms with Crippen LogP contribution in [0.5, 0.6) is 0 Å². The van der Waals surface area contributed by atoms with Crippen LogP contribution in [-0.2, 0) is 0 Å². The van der Waals surface area contributed by atoms with Crippen molar-refractivity contribution in [1.82, 2.24) is 0 Å². The third-order valence-corrected chi connectivity index (χ3v) is 11.4. The predicted octanol–water partition coefficient (Wildman–Crippen LogP) is 12.7. The van der Waals surface area contributed by atoms with E-state index in [1.54, 1.807) is 89.9 Å². The van der Waals surface area contributed by atoms with Crippen LogP contribution in [0.2, 0.25) is 0 Å². The summed E-state index contributed by atoms with van der Waals surface area (Å²) in [5.74, 6) is 6.60. The third-order valence-electron chi connectivity index (χ3n) is 11.4. The number of unbranched alkanes of at least 4 members (excludes halogenated alkanes) is 12. The minimum atomic E-state index is 1.09. The van der Waals surface area contributed by atoms with Crippen molar-refractivity contribution in [2.24, 2.45) is 35.5 Å². The van der Waals surface area contributed by atoms with E-state index in [-0.39, 0.29) is 0 Å². The van der Waals surface area contributed by atoms with Crippen molar-refractivity contribution in [3.63, 3.8) is 0 Å². The van der Waals surface area contributed by atoms with Gasteiger partial charge in [-0.1, -0.05) is 142 Å². The lowest BCUT2D eigenvalue weighted by molar-refractivity contribution is 0.102. The Hall–Kier alpha value is 0. The molecule has 0 aromatic carbocycles. The maximum atomic E-state index is 2.33. The minimum absolute atomic E-state index is 1.09. The molecule has 0 unspecified atom stereocenters. The zero-order chi connectivity index (χ0) is 25.3. The molecule has 0 saturated heterocycles. The monoisotopic (exact) mass is 501 g/mol.